The van der Waals surface area contributed by atoms with Crippen LogP contribution >= 0.6 is 0 Å². The molecule has 0 aliphatic rings. The number of benzene rings is 1. The Balaban J connectivity index is 2.40. The average molecular weight is 216 g/mol. The van der Waals surface area contributed by atoms with Gasteiger partial charge < -0.3 is 5.32 Å². The lowest BCUT2D eigenvalue weighted by atomic mass is 9.98. The van der Waals surface area contributed by atoms with E-state index in [1.165, 1.54) is 5.56 Å². The fourth-order valence-corrected chi connectivity index (χ4v) is 1.43. The Kier molecular flexibility index (Phi) is 5.01. The zero-order valence-corrected chi connectivity index (χ0v) is 10.3. The highest BCUT2D eigenvalue weighted by molar-refractivity contribution is 5.32. The normalized spacial score (nSPS) is 12.4. The van der Waals surface area contributed by atoms with Gasteiger partial charge in [-0.05, 0) is 36.1 Å². The minimum Gasteiger partial charge on any atom is -0.312 e. The standard InChI is InChI=1S/C14H20N2/c1-11(2)12(3)9-16-10-14-6-4-5-13(7-14)8-15/h4-7,11-12,16H,9-10H2,1-3H3. The lowest BCUT2D eigenvalue weighted by Gasteiger charge is -2.16. The molecule has 1 aromatic carbocycles. The lowest BCUT2D eigenvalue weighted by Crippen LogP contribution is -2.23. The molecule has 2 nitrogen and oxygen atoms in total. The number of nitrogens with zero attached hydrogens (tertiary/aromatic N) is 1. The van der Waals surface area contributed by atoms with Crippen LogP contribution in [0.5, 0.6) is 0 Å². The molecule has 0 heterocycles. The highest BCUT2D eigenvalue weighted by atomic mass is 14.9. The molecule has 0 saturated heterocycles. The maximum atomic E-state index is 8.78. The van der Waals surface area contributed by atoms with Gasteiger partial charge in [0.25, 0.3) is 0 Å². The summed E-state index contributed by atoms with van der Waals surface area (Å²) in [5.74, 6) is 1.39. The number of nitriles is 1. The van der Waals surface area contributed by atoms with Gasteiger partial charge in [0.05, 0.1) is 11.6 Å². The molecule has 0 amide bonds. The van der Waals surface area contributed by atoms with Crippen molar-refractivity contribution < 1.29 is 0 Å². The quantitative estimate of drug-likeness (QED) is 0.821. The molecule has 0 aliphatic heterocycles. The first-order valence-electron chi connectivity index (χ1n) is 5.83. The van der Waals surface area contributed by atoms with Crippen LogP contribution in [0.15, 0.2) is 24.3 Å². The molecule has 0 aliphatic carbocycles. The molecule has 86 valence electrons. The summed E-state index contributed by atoms with van der Waals surface area (Å²) < 4.78 is 0. The summed E-state index contributed by atoms with van der Waals surface area (Å²) in [6.07, 6.45) is 0. The first kappa shape index (κ1) is 12.7. The first-order chi connectivity index (χ1) is 7.63. The van der Waals surface area contributed by atoms with E-state index in [2.05, 4.69) is 32.2 Å². The Morgan fingerprint density at radius 1 is 1.31 bits per heavy atom. The van der Waals surface area contributed by atoms with Crippen LogP contribution in [-0.4, -0.2) is 6.54 Å². The maximum Gasteiger partial charge on any atom is 0.0991 e. The fraction of sp³-hybridized carbons (Fsp3) is 0.500. The summed E-state index contributed by atoms with van der Waals surface area (Å²) in [5.41, 5.74) is 1.91. The molecular weight excluding hydrogens is 196 g/mol. The third kappa shape index (κ3) is 4.04. The van der Waals surface area contributed by atoms with Crippen LogP contribution in [0, 0.1) is 23.2 Å². The molecule has 1 unspecified atom stereocenters. The fourth-order valence-electron chi connectivity index (χ4n) is 1.43. The molecule has 1 aromatic rings. The van der Waals surface area contributed by atoms with Crippen LogP contribution in [0.3, 0.4) is 0 Å². The highest BCUT2D eigenvalue weighted by Crippen LogP contribution is 2.08. The summed E-state index contributed by atoms with van der Waals surface area (Å²) in [6, 6.07) is 9.91. The number of hydrogen-bond acceptors (Lipinski definition) is 2. The smallest absolute Gasteiger partial charge is 0.0991 e. The van der Waals surface area contributed by atoms with Gasteiger partial charge in [-0.15, -0.1) is 0 Å². The summed E-state index contributed by atoms with van der Waals surface area (Å²) in [4.78, 5) is 0. The molecule has 16 heavy (non-hydrogen) atoms. The predicted molar refractivity (Wildman–Crippen MR) is 66.9 cm³/mol. The van der Waals surface area contributed by atoms with E-state index in [1.54, 1.807) is 0 Å². The zero-order chi connectivity index (χ0) is 12.0. The average Bonchev–Trinajstić information content (AvgIpc) is 2.29. The van der Waals surface area contributed by atoms with Crippen LogP contribution in [0.25, 0.3) is 0 Å². The number of rotatable bonds is 5. The van der Waals surface area contributed by atoms with Crippen molar-refractivity contribution in [3.05, 3.63) is 35.4 Å². The van der Waals surface area contributed by atoms with Crippen LogP contribution in [0.4, 0.5) is 0 Å². The molecule has 1 rings (SSSR count). The van der Waals surface area contributed by atoms with Crippen LogP contribution in [-0.2, 0) is 6.54 Å². The lowest BCUT2D eigenvalue weighted by molar-refractivity contribution is 0.392. The minimum atomic E-state index is 0.680. The third-order valence-corrected chi connectivity index (χ3v) is 2.99. The second-order valence-electron chi connectivity index (χ2n) is 4.66. The molecule has 1 N–H and O–H groups in total. The van der Waals surface area contributed by atoms with Crippen molar-refractivity contribution in [3.8, 4) is 6.07 Å². The maximum absolute atomic E-state index is 8.78. The van der Waals surface area contributed by atoms with Gasteiger partial charge in [0.2, 0.25) is 0 Å². The van der Waals surface area contributed by atoms with Crippen molar-refractivity contribution >= 4 is 0 Å². The Morgan fingerprint density at radius 2 is 2.06 bits per heavy atom. The van der Waals surface area contributed by atoms with E-state index >= 15 is 0 Å². The highest BCUT2D eigenvalue weighted by Gasteiger charge is 2.05. The Morgan fingerprint density at radius 3 is 2.69 bits per heavy atom. The molecule has 0 aromatic heterocycles. The van der Waals surface area contributed by atoms with Crippen molar-refractivity contribution in [1.29, 1.82) is 5.26 Å². The second-order valence-corrected chi connectivity index (χ2v) is 4.66. The van der Waals surface area contributed by atoms with E-state index in [1.807, 2.05) is 24.3 Å². The Bertz CT molecular complexity index is 363. The predicted octanol–water partition coefficient (Wildman–Crippen LogP) is 2.94. The van der Waals surface area contributed by atoms with Crippen LogP contribution in [0.2, 0.25) is 0 Å². The second kappa shape index (κ2) is 6.30. The van der Waals surface area contributed by atoms with Gasteiger partial charge in [-0.2, -0.15) is 5.26 Å². The van der Waals surface area contributed by atoms with Gasteiger partial charge >= 0.3 is 0 Å². The van der Waals surface area contributed by atoms with E-state index in [0.717, 1.165) is 18.7 Å². The Hall–Kier alpha value is -1.33. The van der Waals surface area contributed by atoms with Gasteiger partial charge in [0, 0.05) is 6.54 Å². The topological polar surface area (TPSA) is 35.8 Å². The Labute approximate surface area is 98.3 Å². The van der Waals surface area contributed by atoms with Gasteiger partial charge in [-0.25, -0.2) is 0 Å². The molecule has 0 spiro atoms. The SMILES string of the molecule is CC(C)C(C)CNCc1cccc(C#N)c1. The summed E-state index contributed by atoms with van der Waals surface area (Å²) in [5, 5.41) is 12.2. The zero-order valence-electron chi connectivity index (χ0n) is 10.3. The number of nitrogens with one attached hydrogen (secondary N) is 1. The van der Waals surface area contributed by atoms with E-state index < -0.39 is 0 Å². The molecule has 0 bridgehead atoms. The summed E-state index contributed by atoms with van der Waals surface area (Å²) in [7, 11) is 0. The third-order valence-electron chi connectivity index (χ3n) is 2.99. The van der Waals surface area contributed by atoms with E-state index in [9.17, 15) is 0 Å². The van der Waals surface area contributed by atoms with Crippen molar-refractivity contribution in [2.24, 2.45) is 11.8 Å². The largest absolute Gasteiger partial charge is 0.312 e. The van der Waals surface area contributed by atoms with Gasteiger partial charge in [0.1, 0.15) is 0 Å². The summed E-state index contributed by atoms with van der Waals surface area (Å²) >= 11 is 0. The molecule has 0 saturated carbocycles. The van der Waals surface area contributed by atoms with Crippen LogP contribution in [0.1, 0.15) is 31.9 Å². The summed E-state index contributed by atoms with van der Waals surface area (Å²) in [6.45, 7) is 8.59. The van der Waals surface area contributed by atoms with Gasteiger partial charge in [0.15, 0.2) is 0 Å². The van der Waals surface area contributed by atoms with Crippen molar-refractivity contribution in [2.45, 2.75) is 27.3 Å². The van der Waals surface area contributed by atoms with E-state index in [-0.39, 0.29) is 0 Å². The molecule has 1 atom stereocenters. The van der Waals surface area contributed by atoms with E-state index in [4.69, 9.17) is 5.26 Å². The number of hydrogen-bond donors (Lipinski definition) is 1. The first-order valence-corrected chi connectivity index (χ1v) is 5.83. The molecule has 0 fully saturated rings. The van der Waals surface area contributed by atoms with Crippen LogP contribution < -0.4 is 5.32 Å². The van der Waals surface area contributed by atoms with Crippen molar-refractivity contribution in [3.63, 3.8) is 0 Å². The van der Waals surface area contributed by atoms with Crippen molar-refractivity contribution in [2.75, 3.05) is 6.54 Å². The van der Waals surface area contributed by atoms with E-state index in [0.29, 0.717) is 11.8 Å². The minimum absolute atomic E-state index is 0.680. The van der Waals surface area contributed by atoms with Crippen molar-refractivity contribution in [1.82, 2.24) is 5.32 Å². The van der Waals surface area contributed by atoms with Gasteiger partial charge in [-0.3, -0.25) is 0 Å². The molecule has 0 radical (unpaired) electrons. The molecular formula is C14H20N2. The molecule has 2 heteroatoms. The van der Waals surface area contributed by atoms with Gasteiger partial charge in [-0.1, -0.05) is 32.9 Å². The monoisotopic (exact) mass is 216 g/mol.